The summed E-state index contributed by atoms with van der Waals surface area (Å²) in [5.74, 6) is -0.521. The Balaban J connectivity index is 2.50. The maximum Gasteiger partial charge on any atom is 0.309 e. The Labute approximate surface area is 99.0 Å². The lowest BCUT2D eigenvalue weighted by molar-refractivity contribution is -0.139. The number of esters is 1. The van der Waals surface area contributed by atoms with Gasteiger partial charge in [-0.3, -0.25) is 4.79 Å². The van der Waals surface area contributed by atoms with E-state index in [1.54, 1.807) is 6.07 Å². The Morgan fingerprint density at radius 1 is 1.29 bits per heavy atom. The molecule has 0 heterocycles. The van der Waals surface area contributed by atoms with E-state index in [0.717, 1.165) is 21.9 Å². The third kappa shape index (κ3) is 2.28. The van der Waals surface area contributed by atoms with Crippen molar-refractivity contribution in [3.05, 3.63) is 47.3 Å². The zero-order chi connectivity index (χ0) is 12.4. The molecule has 0 radical (unpaired) electrons. The van der Waals surface area contributed by atoms with Gasteiger partial charge >= 0.3 is 5.97 Å². The average molecular weight is 232 g/mol. The third-order valence-electron chi connectivity index (χ3n) is 2.93. The van der Waals surface area contributed by atoms with Crippen LogP contribution in [0.15, 0.2) is 30.3 Å². The molecule has 0 atom stereocenters. The topological polar surface area (TPSA) is 26.3 Å². The Hall–Kier alpha value is -1.90. The molecule has 0 bridgehead atoms. The number of hydrogen-bond acceptors (Lipinski definition) is 2. The third-order valence-corrected chi connectivity index (χ3v) is 2.93. The van der Waals surface area contributed by atoms with Crippen molar-refractivity contribution in [2.45, 2.75) is 13.3 Å². The zero-order valence-electron chi connectivity index (χ0n) is 9.79. The van der Waals surface area contributed by atoms with Gasteiger partial charge in [0.15, 0.2) is 0 Å². The molecular formula is C14H13FO2. The van der Waals surface area contributed by atoms with Crippen molar-refractivity contribution in [3.8, 4) is 0 Å². The fourth-order valence-electron chi connectivity index (χ4n) is 1.92. The van der Waals surface area contributed by atoms with E-state index in [1.165, 1.54) is 19.2 Å². The van der Waals surface area contributed by atoms with E-state index in [1.807, 2.05) is 19.1 Å². The number of ether oxygens (including phenoxy) is 1. The summed E-state index contributed by atoms with van der Waals surface area (Å²) < 4.78 is 17.7. The van der Waals surface area contributed by atoms with Crippen LogP contribution in [0.5, 0.6) is 0 Å². The van der Waals surface area contributed by atoms with Gasteiger partial charge in [-0.05, 0) is 41.0 Å². The molecule has 0 unspecified atom stereocenters. The fourth-order valence-corrected chi connectivity index (χ4v) is 1.92. The van der Waals surface area contributed by atoms with E-state index in [-0.39, 0.29) is 18.2 Å². The maximum atomic E-state index is 13.1. The first-order valence-electron chi connectivity index (χ1n) is 5.36. The van der Waals surface area contributed by atoms with Gasteiger partial charge in [-0.2, -0.15) is 0 Å². The molecule has 0 spiro atoms. The van der Waals surface area contributed by atoms with Crippen LogP contribution in [-0.4, -0.2) is 13.1 Å². The summed E-state index contributed by atoms with van der Waals surface area (Å²) in [7, 11) is 1.37. The first kappa shape index (κ1) is 11.6. The predicted molar refractivity (Wildman–Crippen MR) is 64.4 cm³/mol. The van der Waals surface area contributed by atoms with Gasteiger partial charge in [0.2, 0.25) is 0 Å². The van der Waals surface area contributed by atoms with Gasteiger partial charge in [-0.1, -0.05) is 18.2 Å². The molecule has 2 aromatic carbocycles. The molecule has 0 fully saturated rings. The van der Waals surface area contributed by atoms with E-state index >= 15 is 0 Å². The molecule has 0 amide bonds. The summed E-state index contributed by atoms with van der Waals surface area (Å²) in [5.41, 5.74) is 1.91. The number of carbonyl (C=O) groups excluding carboxylic acids is 1. The van der Waals surface area contributed by atoms with Crippen LogP contribution < -0.4 is 0 Å². The molecule has 3 heteroatoms. The maximum absolute atomic E-state index is 13.1. The summed E-state index contributed by atoms with van der Waals surface area (Å²) >= 11 is 0. The van der Waals surface area contributed by atoms with Crippen molar-refractivity contribution in [2.75, 3.05) is 7.11 Å². The number of hydrogen-bond donors (Lipinski definition) is 0. The second kappa shape index (κ2) is 4.53. The van der Waals surface area contributed by atoms with Crippen molar-refractivity contribution in [3.63, 3.8) is 0 Å². The number of fused-ring (bicyclic) bond motifs is 1. The Morgan fingerprint density at radius 3 is 2.76 bits per heavy atom. The van der Waals surface area contributed by atoms with Crippen LogP contribution in [0.25, 0.3) is 10.8 Å². The smallest absolute Gasteiger partial charge is 0.309 e. The van der Waals surface area contributed by atoms with E-state index in [0.29, 0.717) is 0 Å². The van der Waals surface area contributed by atoms with Crippen molar-refractivity contribution in [2.24, 2.45) is 0 Å². The summed E-state index contributed by atoms with van der Waals surface area (Å²) in [6.07, 6.45) is 0.246. The standard InChI is InChI=1S/C14H13FO2/c1-9-10(8-14(16)17-2)3-4-11-7-12(15)5-6-13(9)11/h3-7H,8H2,1-2H3. The molecular weight excluding hydrogens is 219 g/mol. The number of carbonyl (C=O) groups is 1. The number of benzene rings is 2. The normalized spacial score (nSPS) is 10.5. The van der Waals surface area contributed by atoms with Crippen LogP contribution in [-0.2, 0) is 16.0 Å². The minimum atomic E-state index is -0.269. The highest BCUT2D eigenvalue weighted by atomic mass is 19.1. The number of methoxy groups -OCH3 is 1. The Kier molecular flexibility index (Phi) is 3.09. The van der Waals surface area contributed by atoms with Crippen molar-refractivity contribution < 1.29 is 13.9 Å². The quantitative estimate of drug-likeness (QED) is 0.744. The van der Waals surface area contributed by atoms with Crippen LogP contribution in [0.3, 0.4) is 0 Å². The van der Waals surface area contributed by atoms with Crippen LogP contribution >= 0.6 is 0 Å². The Morgan fingerprint density at radius 2 is 2.06 bits per heavy atom. The van der Waals surface area contributed by atoms with Gasteiger partial charge in [0.1, 0.15) is 5.82 Å². The molecule has 0 saturated heterocycles. The van der Waals surface area contributed by atoms with Crippen LogP contribution in [0.2, 0.25) is 0 Å². The number of aryl methyl sites for hydroxylation is 1. The molecule has 0 aliphatic carbocycles. The Bertz CT molecular complexity index is 576. The van der Waals surface area contributed by atoms with Crippen molar-refractivity contribution >= 4 is 16.7 Å². The van der Waals surface area contributed by atoms with Crippen molar-refractivity contribution in [1.82, 2.24) is 0 Å². The SMILES string of the molecule is COC(=O)Cc1ccc2cc(F)ccc2c1C. The van der Waals surface area contributed by atoms with E-state index < -0.39 is 0 Å². The molecule has 0 saturated carbocycles. The van der Waals surface area contributed by atoms with Crippen molar-refractivity contribution in [1.29, 1.82) is 0 Å². The average Bonchev–Trinajstić information content (AvgIpc) is 2.32. The van der Waals surface area contributed by atoms with E-state index in [9.17, 15) is 9.18 Å². The predicted octanol–water partition coefficient (Wildman–Crippen LogP) is 3.00. The molecule has 0 aliphatic rings. The lowest BCUT2D eigenvalue weighted by Gasteiger charge is -2.08. The molecule has 0 N–H and O–H groups in total. The molecule has 0 aromatic heterocycles. The highest BCUT2D eigenvalue weighted by Gasteiger charge is 2.08. The number of rotatable bonds is 2. The van der Waals surface area contributed by atoms with Crippen LogP contribution in [0.1, 0.15) is 11.1 Å². The van der Waals surface area contributed by atoms with Gasteiger partial charge in [-0.15, -0.1) is 0 Å². The number of halogens is 1. The molecule has 2 nitrogen and oxygen atoms in total. The first-order valence-corrected chi connectivity index (χ1v) is 5.36. The van der Waals surface area contributed by atoms with Gasteiger partial charge in [0.05, 0.1) is 13.5 Å². The fraction of sp³-hybridized carbons (Fsp3) is 0.214. The lowest BCUT2D eigenvalue weighted by Crippen LogP contribution is -2.05. The van der Waals surface area contributed by atoms with Gasteiger partial charge in [0, 0.05) is 0 Å². The highest BCUT2D eigenvalue weighted by molar-refractivity contribution is 5.88. The molecule has 88 valence electrons. The minimum absolute atomic E-state index is 0.246. The summed E-state index contributed by atoms with van der Waals surface area (Å²) in [5, 5.41) is 1.81. The van der Waals surface area contributed by atoms with Crippen LogP contribution in [0, 0.1) is 12.7 Å². The van der Waals surface area contributed by atoms with Crippen LogP contribution in [0.4, 0.5) is 4.39 Å². The first-order chi connectivity index (χ1) is 8.11. The summed E-state index contributed by atoms with van der Waals surface area (Å²) in [6.45, 7) is 1.93. The van der Waals surface area contributed by atoms with E-state index in [4.69, 9.17) is 0 Å². The largest absolute Gasteiger partial charge is 0.469 e. The summed E-state index contributed by atoms with van der Waals surface area (Å²) in [4.78, 5) is 11.2. The molecule has 2 rings (SSSR count). The van der Waals surface area contributed by atoms with Gasteiger partial charge in [-0.25, -0.2) is 4.39 Å². The molecule has 17 heavy (non-hydrogen) atoms. The zero-order valence-corrected chi connectivity index (χ0v) is 9.79. The molecule has 2 aromatic rings. The highest BCUT2D eigenvalue weighted by Crippen LogP contribution is 2.23. The monoisotopic (exact) mass is 232 g/mol. The molecule has 0 aliphatic heterocycles. The second-order valence-corrected chi connectivity index (χ2v) is 3.97. The van der Waals surface area contributed by atoms with E-state index in [2.05, 4.69) is 4.74 Å². The lowest BCUT2D eigenvalue weighted by atomic mass is 9.98. The minimum Gasteiger partial charge on any atom is -0.469 e. The summed E-state index contributed by atoms with van der Waals surface area (Å²) in [6, 6.07) is 8.32. The van der Waals surface area contributed by atoms with Gasteiger partial charge < -0.3 is 4.74 Å². The van der Waals surface area contributed by atoms with Gasteiger partial charge in [0.25, 0.3) is 0 Å². The second-order valence-electron chi connectivity index (χ2n) is 3.97.